The van der Waals surface area contributed by atoms with Crippen molar-refractivity contribution in [1.82, 2.24) is 14.5 Å². The third kappa shape index (κ3) is 4.26. The van der Waals surface area contributed by atoms with Gasteiger partial charge < -0.3 is 5.32 Å². The number of benzene rings is 2. The molecule has 7 nitrogen and oxygen atoms in total. The highest BCUT2D eigenvalue weighted by molar-refractivity contribution is 7.89. The SMILES string of the molecule is C=C1c2ccccc2C(=O)N1CC(=O)NCc1cccc(S(=O)(=O)N2CCCCC2)c1. The van der Waals surface area contributed by atoms with E-state index >= 15 is 0 Å². The van der Waals surface area contributed by atoms with Crippen LogP contribution in [0, 0.1) is 0 Å². The third-order valence-electron chi connectivity index (χ3n) is 5.68. The highest BCUT2D eigenvalue weighted by atomic mass is 32.2. The van der Waals surface area contributed by atoms with Crippen LogP contribution in [-0.4, -0.2) is 49.1 Å². The Hall–Kier alpha value is -2.97. The highest BCUT2D eigenvalue weighted by Gasteiger charge is 2.32. The Kier molecular flexibility index (Phi) is 5.93. The molecule has 31 heavy (non-hydrogen) atoms. The first kappa shape index (κ1) is 21.3. The number of carbonyl (C=O) groups excluding carboxylic acids is 2. The Morgan fingerprint density at radius 3 is 2.42 bits per heavy atom. The van der Waals surface area contributed by atoms with Crippen LogP contribution in [0.3, 0.4) is 0 Å². The zero-order valence-corrected chi connectivity index (χ0v) is 18.0. The summed E-state index contributed by atoms with van der Waals surface area (Å²) >= 11 is 0. The summed E-state index contributed by atoms with van der Waals surface area (Å²) < 4.78 is 27.3. The maximum atomic E-state index is 12.9. The van der Waals surface area contributed by atoms with Crippen LogP contribution in [0.15, 0.2) is 60.0 Å². The fraction of sp³-hybridized carbons (Fsp3) is 0.304. The Labute approximate surface area is 182 Å². The summed E-state index contributed by atoms with van der Waals surface area (Å²) in [5, 5.41) is 2.77. The molecule has 4 rings (SSSR count). The monoisotopic (exact) mass is 439 g/mol. The van der Waals surface area contributed by atoms with Crippen molar-refractivity contribution in [2.75, 3.05) is 19.6 Å². The van der Waals surface area contributed by atoms with Crippen molar-refractivity contribution in [2.45, 2.75) is 30.7 Å². The van der Waals surface area contributed by atoms with Gasteiger partial charge in [-0.25, -0.2) is 8.42 Å². The summed E-state index contributed by atoms with van der Waals surface area (Å²) in [6.07, 6.45) is 2.80. The molecule has 0 atom stereocenters. The minimum atomic E-state index is -3.53. The molecule has 1 saturated heterocycles. The quantitative estimate of drug-likeness (QED) is 0.750. The predicted molar refractivity (Wildman–Crippen MR) is 117 cm³/mol. The van der Waals surface area contributed by atoms with Gasteiger partial charge in [-0.3, -0.25) is 14.5 Å². The van der Waals surface area contributed by atoms with Gasteiger partial charge in [0.2, 0.25) is 15.9 Å². The Bertz CT molecular complexity index is 1100. The van der Waals surface area contributed by atoms with E-state index in [-0.39, 0.29) is 29.8 Å². The van der Waals surface area contributed by atoms with Crippen molar-refractivity contribution >= 4 is 27.5 Å². The molecule has 0 saturated carbocycles. The smallest absolute Gasteiger partial charge is 0.259 e. The molecule has 2 aliphatic heterocycles. The van der Waals surface area contributed by atoms with Gasteiger partial charge in [0.05, 0.1) is 4.90 Å². The van der Waals surface area contributed by atoms with E-state index in [4.69, 9.17) is 0 Å². The summed E-state index contributed by atoms with van der Waals surface area (Å²) in [6, 6.07) is 13.8. The van der Waals surface area contributed by atoms with Crippen LogP contribution in [0.1, 0.15) is 40.7 Å². The second-order valence-electron chi connectivity index (χ2n) is 7.77. The normalized spacial score (nSPS) is 17.0. The Morgan fingerprint density at radius 1 is 1.00 bits per heavy atom. The Balaban J connectivity index is 1.39. The lowest BCUT2D eigenvalue weighted by Crippen LogP contribution is -2.36. The molecule has 162 valence electrons. The van der Waals surface area contributed by atoms with E-state index in [0.29, 0.717) is 29.9 Å². The largest absolute Gasteiger partial charge is 0.350 e. The molecule has 1 N–H and O–H groups in total. The summed E-state index contributed by atoms with van der Waals surface area (Å²) in [4.78, 5) is 26.6. The second kappa shape index (κ2) is 8.64. The lowest BCUT2D eigenvalue weighted by Gasteiger charge is -2.26. The van der Waals surface area contributed by atoms with Gasteiger partial charge in [0.25, 0.3) is 5.91 Å². The first-order chi connectivity index (χ1) is 14.9. The van der Waals surface area contributed by atoms with E-state index in [2.05, 4.69) is 11.9 Å². The topological polar surface area (TPSA) is 86.8 Å². The molecule has 2 aromatic rings. The molecule has 0 aliphatic carbocycles. The number of hydrogen-bond acceptors (Lipinski definition) is 4. The van der Waals surface area contributed by atoms with Gasteiger partial charge in [0.1, 0.15) is 6.54 Å². The second-order valence-corrected chi connectivity index (χ2v) is 9.71. The zero-order chi connectivity index (χ0) is 22.0. The molecule has 0 radical (unpaired) electrons. The van der Waals surface area contributed by atoms with E-state index < -0.39 is 10.0 Å². The van der Waals surface area contributed by atoms with Gasteiger partial charge >= 0.3 is 0 Å². The molecule has 0 bridgehead atoms. The van der Waals surface area contributed by atoms with Crippen LogP contribution in [0.2, 0.25) is 0 Å². The van der Waals surface area contributed by atoms with E-state index in [1.807, 2.05) is 12.1 Å². The molecular formula is C23H25N3O4S. The first-order valence-corrected chi connectivity index (χ1v) is 11.8. The average Bonchev–Trinajstić information content (AvgIpc) is 3.03. The summed E-state index contributed by atoms with van der Waals surface area (Å²) in [6.45, 7) is 5.05. The maximum absolute atomic E-state index is 12.9. The summed E-state index contributed by atoms with van der Waals surface area (Å²) in [5.74, 6) is -0.586. The molecule has 0 unspecified atom stereocenters. The highest BCUT2D eigenvalue weighted by Crippen LogP contribution is 2.30. The number of carbonyl (C=O) groups is 2. The predicted octanol–water partition coefficient (Wildman–Crippen LogP) is 2.60. The third-order valence-corrected chi connectivity index (χ3v) is 7.58. The van der Waals surface area contributed by atoms with Crippen LogP contribution < -0.4 is 5.32 Å². The fourth-order valence-corrected chi connectivity index (χ4v) is 5.56. The van der Waals surface area contributed by atoms with Crippen LogP contribution in [0.4, 0.5) is 0 Å². The number of sulfonamides is 1. The van der Waals surface area contributed by atoms with Gasteiger partial charge in [0.15, 0.2) is 0 Å². The molecule has 0 spiro atoms. The summed E-state index contributed by atoms with van der Waals surface area (Å²) in [5.41, 5.74) is 2.46. The molecule has 0 aromatic heterocycles. The van der Waals surface area contributed by atoms with Gasteiger partial charge in [-0.15, -0.1) is 0 Å². The molecule has 2 aromatic carbocycles. The van der Waals surface area contributed by atoms with E-state index in [9.17, 15) is 18.0 Å². The molecule has 2 aliphatic rings. The minimum absolute atomic E-state index is 0.141. The first-order valence-electron chi connectivity index (χ1n) is 10.3. The lowest BCUT2D eigenvalue weighted by molar-refractivity contribution is -0.121. The van der Waals surface area contributed by atoms with Crippen LogP contribution in [-0.2, 0) is 21.4 Å². The summed E-state index contributed by atoms with van der Waals surface area (Å²) in [7, 11) is -3.53. The number of nitrogens with one attached hydrogen (secondary N) is 1. The van der Waals surface area contributed by atoms with Crippen LogP contribution >= 0.6 is 0 Å². The van der Waals surface area contributed by atoms with Crippen molar-refractivity contribution in [1.29, 1.82) is 0 Å². The number of amides is 2. The minimum Gasteiger partial charge on any atom is -0.350 e. The molecule has 8 heteroatoms. The van der Waals surface area contributed by atoms with Crippen molar-refractivity contribution < 1.29 is 18.0 Å². The van der Waals surface area contributed by atoms with Crippen molar-refractivity contribution in [3.05, 3.63) is 71.8 Å². The van der Waals surface area contributed by atoms with Crippen molar-refractivity contribution in [3.8, 4) is 0 Å². The van der Waals surface area contributed by atoms with Gasteiger partial charge in [0, 0.05) is 36.5 Å². The van der Waals surface area contributed by atoms with Crippen molar-refractivity contribution in [2.24, 2.45) is 0 Å². The number of hydrogen-bond donors (Lipinski definition) is 1. The van der Waals surface area contributed by atoms with Crippen LogP contribution in [0.5, 0.6) is 0 Å². The van der Waals surface area contributed by atoms with Gasteiger partial charge in [-0.2, -0.15) is 4.31 Å². The number of nitrogens with zero attached hydrogens (tertiary/aromatic N) is 2. The standard InChI is InChI=1S/C23H25N3O4S/c1-17-20-10-3-4-11-21(20)23(28)26(17)16-22(27)24-15-18-8-7-9-19(14-18)31(29,30)25-12-5-2-6-13-25/h3-4,7-11,14H,1-2,5-6,12-13,15-16H2,(H,24,27). The van der Waals surface area contributed by atoms with E-state index in [0.717, 1.165) is 24.8 Å². The average molecular weight is 440 g/mol. The maximum Gasteiger partial charge on any atom is 0.259 e. The number of fused-ring (bicyclic) bond motifs is 1. The number of rotatable bonds is 6. The van der Waals surface area contributed by atoms with Gasteiger partial charge in [-0.05, 0) is 36.6 Å². The van der Waals surface area contributed by atoms with Gasteiger partial charge in [-0.1, -0.05) is 43.3 Å². The molecule has 1 fully saturated rings. The molecule has 2 amide bonds. The molecular weight excluding hydrogens is 414 g/mol. The zero-order valence-electron chi connectivity index (χ0n) is 17.2. The van der Waals surface area contributed by atoms with E-state index in [1.54, 1.807) is 36.4 Å². The Morgan fingerprint density at radius 2 is 1.71 bits per heavy atom. The lowest BCUT2D eigenvalue weighted by atomic mass is 10.1. The molecule has 2 heterocycles. The van der Waals surface area contributed by atoms with Crippen molar-refractivity contribution in [3.63, 3.8) is 0 Å². The fourth-order valence-electron chi connectivity index (χ4n) is 3.97. The van der Waals surface area contributed by atoms with E-state index in [1.165, 1.54) is 9.21 Å². The number of piperidine rings is 1. The van der Waals surface area contributed by atoms with Crippen LogP contribution in [0.25, 0.3) is 5.70 Å².